The minimum absolute atomic E-state index is 0.0838. The van der Waals surface area contributed by atoms with Crippen LogP contribution in [0.25, 0.3) is 0 Å². The van der Waals surface area contributed by atoms with Crippen LogP contribution in [0.5, 0.6) is 0 Å². The van der Waals surface area contributed by atoms with Gasteiger partial charge in [-0.1, -0.05) is 6.07 Å². The second kappa shape index (κ2) is 6.64. The Kier molecular flexibility index (Phi) is 4.83. The molecule has 0 fully saturated rings. The number of benzene rings is 1. The maximum absolute atomic E-state index is 12.1. The summed E-state index contributed by atoms with van der Waals surface area (Å²) < 4.78 is 1.71. The molecule has 0 unspecified atom stereocenters. The topological polar surface area (TPSA) is 76.0 Å². The van der Waals surface area contributed by atoms with E-state index < -0.39 is 0 Å². The largest absolute Gasteiger partial charge is 0.343 e. The van der Waals surface area contributed by atoms with E-state index in [0.717, 1.165) is 22.5 Å². The molecule has 1 heterocycles. The maximum Gasteiger partial charge on any atom is 0.251 e. The molecule has 23 heavy (non-hydrogen) atoms. The summed E-state index contributed by atoms with van der Waals surface area (Å²) in [4.78, 5) is 24.1. The molecule has 0 aliphatic carbocycles. The fourth-order valence-electron chi connectivity index (χ4n) is 2.28. The number of carbonyl (C=O) groups is 2. The predicted octanol–water partition coefficient (Wildman–Crippen LogP) is 2.02. The van der Waals surface area contributed by atoms with Gasteiger partial charge in [-0.05, 0) is 51.0 Å². The zero-order chi connectivity index (χ0) is 17.1. The lowest BCUT2D eigenvalue weighted by atomic mass is 10.1. The van der Waals surface area contributed by atoms with Gasteiger partial charge in [0, 0.05) is 12.6 Å². The third kappa shape index (κ3) is 3.77. The van der Waals surface area contributed by atoms with Gasteiger partial charge < -0.3 is 10.6 Å². The molecule has 0 spiro atoms. The van der Waals surface area contributed by atoms with Crippen molar-refractivity contribution in [1.82, 2.24) is 15.1 Å². The highest BCUT2D eigenvalue weighted by atomic mass is 16.2. The van der Waals surface area contributed by atoms with E-state index in [2.05, 4.69) is 15.7 Å². The van der Waals surface area contributed by atoms with E-state index in [9.17, 15) is 9.59 Å². The van der Waals surface area contributed by atoms with Gasteiger partial charge in [-0.2, -0.15) is 5.10 Å². The van der Waals surface area contributed by atoms with Crippen molar-refractivity contribution in [3.05, 3.63) is 46.3 Å². The number of nitrogens with one attached hydrogen (secondary N) is 2. The summed E-state index contributed by atoms with van der Waals surface area (Å²) in [6.07, 6.45) is 0. The fourth-order valence-corrected chi connectivity index (χ4v) is 2.28. The van der Waals surface area contributed by atoms with Gasteiger partial charge in [0.1, 0.15) is 0 Å². The van der Waals surface area contributed by atoms with Gasteiger partial charge in [0.25, 0.3) is 5.91 Å². The minimum Gasteiger partial charge on any atom is -0.343 e. The number of nitrogens with zero attached hydrogens (tertiary/aromatic N) is 2. The molecule has 0 saturated heterocycles. The Morgan fingerprint density at radius 2 is 1.83 bits per heavy atom. The molecule has 6 heteroatoms. The molecule has 0 atom stereocenters. The average Bonchev–Trinajstić information content (AvgIpc) is 2.74. The average molecular weight is 314 g/mol. The van der Waals surface area contributed by atoms with Crippen LogP contribution in [-0.4, -0.2) is 28.1 Å². The van der Waals surface area contributed by atoms with Gasteiger partial charge in [-0.15, -0.1) is 0 Å². The Morgan fingerprint density at radius 1 is 1.13 bits per heavy atom. The molecule has 6 nitrogen and oxygen atoms in total. The van der Waals surface area contributed by atoms with Gasteiger partial charge in [-0.25, -0.2) is 0 Å². The first-order valence-corrected chi connectivity index (χ1v) is 7.45. The molecule has 1 aromatic heterocycles. The van der Waals surface area contributed by atoms with Crippen molar-refractivity contribution in [3.8, 4) is 0 Å². The lowest BCUT2D eigenvalue weighted by molar-refractivity contribution is -0.115. The number of rotatable bonds is 4. The van der Waals surface area contributed by atoms with Gasteiger partial charge in [0.15, 0.2) is 0 Å². The summed E-state index contributed by atoms with van der Waals surface area (Å²) in [5.74, 6) is -0.538. The Labute approximate surface area is 135 Å². The lowest BCUT2D eigenvalue weighted by Crippen LogP contribution is -2.33. The number of hydrogen-bond donors (Lipinski definition) is 2. The van der Waals surface area contributed by atoms with Crippen molar-refractivity contribution >= 4 is 17.5 Å². The van der Waals surface area contributed by atoms with Crippen LogP contribution < -0.4 is 10.6 Å². The molecule has 2 aromatic rings. The van der Waals surface area contributed by atoms with Crippen LogP contribution in [0.2, 0.25) is 0 Å². The molecule has 1 aromatic carbocycles. The van der Waals surface area contributed by atoms with Crippen molar-refractivity contribution in [2.75, 3.05) is 11.9 Å². The number of hydrogen-bond acceptors (Lipinski definition) is 3. The molecule has 0 bridgehead atoms. The third-order valence-electron chi connectivity index (χ3n) is 3.95. The van der Waals surface area contributed by atoms with Crippen molar-refractivity contribution in [2.45, 2.75) is 27.7 Å². The number of aryl methyl sites for hydroxylation is 4. The normalized spacial score (nSPS) is 10.5. The van der Waals surface area contributed by atoms with Crippen LogP contribution in [-0.2, 0) is 11.8 Å². The van der Waals surface area contributed by atoms with E-state index in [0.29, 0.717) is 11.3 Å². The van der Waals surface area contributed by atoms with Crippen molar-refractivity contribution in [3.63, 3.8) is 0 Å². The van der Waals surface area contributed by atoms with E-state index in [1.165, 1.54) is 0 Å². The first kappa shape index (κ1) is 16.7. The molecule has 0 aliphatic rings. The van der Waals surface area contributed by atoms with E-state index in [-0.39, 0.29) is 18.4 Å². The highest BCUT2D eigenvalue weighted by Crippen LogP contribution is 2.17. The second-order valence-electron chi connectivity index (χ2n) is 5.70. The van der Waals surface area contributed by atoms with E-state index in [1.54, 1.807) is 10.7 Å². The lowest BCUT2D eigenvalue weighted by Gasteiger charge is -2.08. The van der Waals surface area contributed by atoms with Crippen molar-refractivity contribution in [2.24, 2.45) is 7.05 Å². The van der Waals surface area contributed by atoms with E-state index >= 15 is 0 Å². The molecule has 122 valence electrons. The Bertz CT molecular complexity index is 762. The standard InChI is InChI=1S/C17H22N4O2/c1-10-6-7-14(8-11(10)2)17(23)18-9-15(22)19-16-12(3)20-21(5)13(16)4/h6-8H,9H2,1-5H3,(H,18,23)(H,19,22). The molecular formula is C17H22N4O2. The SMILES string of the molecule is Cc1ccc(C(=O)NCC(=O)Nc2c(C)nn(C)c2C)cc1C. The number of carbonyl (C=O) groups excluding carboxylic acids is 2. The molecule has 0 saturated carbocycles. The number of amides is 2. The van der Waals surface area contributed by atoms with E-state index in [4.69, 9.17) is 0 Å². The van der Waals surface area contributed by atoms with Crippen LogP contribution in [0.3, 0.4) is 0 Å². The predicted molar refractivity (Wildman–Crippen MR) is 89.6 cm³/mol. The van der Waals surface area contributed by atoms with Gasteiger partial charge in [-0.3, -0.25) is 14.3 Å². The summed E-state index contributed by atoms with van der Waals surface area (Å²) in [6, 6.07) is 5.47. The summed E-state index contributed by atoms with van der Waals surface area (Å²) in [5, 5.41) is 9.66. The summed E-state index contributed by atoms with van der Waals surface area (Å²) in [6.45, 7) is 7.56. The maximum atomic E-state index is 12.1. The van der Waals surface area contributed by atoms with Crippen LogP contribution in [0.15, 0.2) is 18.2 Å². The minimum atomic E-state index is -0.276. The first-order valence-electron chi connectivity index (χ1n) is 7.45. The van der Waals surface area contributed by atoms with Gasteiger partial charge in [0.2, 0.25) is 5.91 Å². The molecular weight excluding hydrogens is 292 g/mol. The number of anilines is 1. The quantitative estimate of drug-likeness (QED) is 0.906. The molecule has 0 aliphatic heterocycles. The van der Waals surface area contributed by atoms with Crippen LogP contribution >= 0.6 is 0 Å². The fraction of sp³-hybridized carbons (Fsp3) is 0.353. The Morgan fingerprint density at radius 3 is 2.39 bits per heavy atom. The second-order valence-corrected chi connectivity index (χ2v) is 5.70. The van der Waals surface area contributed by atoms with Crippen LogP contribution in [0.4, 0.5) is 5.69 Å². The molecule has 2 amide bonds. The van der Waals surface area contributed by atoms with Crippen LogP contribution in [0, 0.1) is 27.7 Å². The van der Waals surface area contributed by atoms with Crippen molar-refractivity contribution < 1.29 is 9.59 Å². The first-order chi connectivity index (χ1) is 10.8. The third-order valence-corrected chi connectivity index (χ3v) is 3.95. The van der Waals surface area contributed by atoms with E-state index in [1.807, 2.05) is 46.9 Å². The smallest absolute Gasteiger partial charge is 0.251 e. The highest BCUT2D eigenvalue weighted by molar-refractivity contribution is 5.99. The Hall–Kier alpha value is -2.63. The summed E-state index contributed by atoms with van der Waals surface area (Å²) >= 11 is 0. The zero-order valence-electron chi connectivity index (χ0n) is 14.2. The Balaban J connectivity index is 1.96. The molecule has 0 radical (unpaired) electrons. The summed E-state index contributed by atoms with van der Waals surface area (Å²) in [7, 11) is 1.82. The molecule has 2 rings (SSSR count). The van der Waals surface area contributed by atoms with Gasteiger partial charge >= 0.3 is 0 Å². The zero-order valence-corrected chi connectivity index (χ0v) is 14.2. The molecule has 2 N–H and O–H groups in total. The highest BCUT2D eigenvalue weighted by Gasteiger charge is 2.13. The number of aromatic nitrogens is 2. The van der Waals surface area contributed by atoms with Crippen LogP contribution in [0.1, 0.15) is 32.9 Å². The van der Waals surface area contributed by atoms with Gasteiger partial charge in [0.05, 0.1) is 23.6 Å². The summed E-state index contributed by atoms with van der Waals surface area (Å²) in [5.41, 5.74) is 5.04. The monoisotopic (exact) mass is 314 g/mol. The van der Waals surface area contributed by atoms with Crippen molar-refractivity contribution in [1.29, 1.82) is 0 Å².